The van der Waals surface area contributed by atoms with Gasteiger partial charge < -0.3 is 11.1 Å². The number of likely N-dealkylation sites (tertiary alicyclic amines) is 1. The first kappa shape index (κ1) is 16.3. The first-order valence-electron chi connectivity index (χ1n) is 7.41. The quantitative estimate of drug-likeness (QED) is 0.902. The standard InChI is InChI=1S/C16H24ClN3O/c1-10-6-11(2)16(13(17)7-10)19-15(21)9-20-5-4-14(18)12(3)8-20/h6-7,12,14H,4-5,8-9,18H2,1-3H3,(H,19,21). The minimum atomic E-state index is -0.0217. The number of piperidine rings is 1. The zero-order valence-electron chi connectivity index (χ0n) is 12.9. The number of nitrogens with two attached hydrogens (primary N) is 1. The van der Waals surface area contributed by atoms with Gasteiger partial charge in [0.05, 0.1) is 17.3 Å². The Morgan fingerprint density at radius 3 is 2.81 bits per heavy atom. The second kappa shape index (κ2) is 6.77. The van der Waals surface area contributed by atoms with Crippen molar-refractivity contribution in [2.75, 3.05) is 25.0 Å². The van der Waals surface area contributed by atoms with E-state index >= 15 is 0 Å². The molecular formula is C16H24ClN3O. The van der Waals surface area contributed by atoms with E-state index in [0.717, 1.165) is 30.6 Å². The highest BCUT2D eigenvalue weighted by Crippen LogP contribution is 2.27. The van der Waals surface area contributed by atoms with Crippen LogP contribution in [0.2, 0.25) is 5.02 Å². The number of anilines is 1. The number of amides is 1. The van der Waals surface area contributed by atoms with Crippen molar-refractivity contribution in [2.45, 2.75) is 33.2 Å². The van der Waals surface area contributed by atoms with Gasteiger partial charge in [0.25, 0.3) is 0 Å². The van der Waals surface area contributed by atoms with Gasteiger partial charge >= 0.3 is 0 Å². The van der Waals surface area contributed by atoms with Crippen LogP contribution < -0.4 is 11.1 Å². The Kier molecular flexibility index (Phi) is 5.25. The fraction of sp³-hybridized carbons (Fsp3) is 0.562. The molecule has 1 fully saturated rings. The summed E-state index contributed by atoms with van der Waals surface area (Å²) in [7, 11) is 0. The van der Waals surface area contributed by atoms with Crippen LogP contribution >= 0.6 is 11.6 Å². The summed E-state index contributed by atoms with van der Waals surface area (Å²) >= 11 is 6.22. The normalized spacial score (nSPS) is 23.1. The molecule has 1 aromatic rings. The second-order valence-corrected chi connectivity index (χ2v) is 6.56. The van der Waals surface area contributed by atoms with Gasteiger partial charge in [0.15, 0.2) is 0 Å². The number of carbonyl (C=O) groups excluding carboxylic acids is 1. The molecule has 5 heteroatoms. The maximum absolute atomic E-state index is 12.2. The van der Waals surface area contributed by atoms with Crippen LogP contribution in [0.3, 0.4) is 0 Å². The zero-order chi connectivity index (χ0) is 15.6. The Bertz CT molecular complexity index is 509. The smallest absolute Gasteiger partial charge is 0.238 e. The van der Waals surface area contributed by atoms with Crippen LogP contribution in [0.1, 0.15) is 24.5 Å². The number of nitrogens with one attached hydrogen (secondary N) is 1. The van der Waals surface area contributed by atoms with E-state index in [9.17, 15) is 4.79 Å². The molecule has 4 nitrogen and oxygen atoms in total. The van der Waals surface area contributed by atoms with E-state index in [4.69, 9.17) is 17.3 Å². The first-order valence-corrected chi connectivity index (χ1v) is 7.79. The predicted octanol–water partition coefficient (Wildman–Crippen LogP) is 2.56. The predicted molar refractivity (Wildman–Crippen MR) is 87.8 cm³/mol. The molecule has 2 unspecified atom stereocenters. The second-order valence-electron chi connectivity index (χ2n) is 6.15. The van der Waals surface area contributed by atoms with Crippen molar-refractivity contribution < 1.29 is 4.79 Å². The van der Waals surface area contributed by atoms with E-state index in [1.165, 1.54) is 0 Å². The van der Waals surface area contributed by atoms with Gasteiger partial charge in [-0.05, 0) is 43.4 Å². The molecule has 1 heterocycles. The molecule has 0 saturated carbocycles. The molecule has 116 valence electrons. The number of aryl methyl sites for hydroxylation is 2. The lowest BCUT2D eigenvalue weighted by molar-refractivity contribution is -0.117. The summed E-state index contributed by atoms with van der Waals surface area (Å²) in [6, 6.07) is 4.13. The van der Waals surface area contributed by atoms with Crippen molar-refractivity contribution in [1.29, 1.82) is 0 Å². The molecular weight excluding hydrogens is 286 g/mol. The maximum Gasteiger partial charge on any atom is 0.238 e. The van der Waals surface area contributed by atoms with Gasteiger partial charge in [-0.2, -0.15) is 0 Å². The van der Waals surface area contributed by atoms with E-state index in [-0.39, 0.29) is 11.9 Å². The highest BCUT2D eigenvalue weighted by atomic mass is 35.5. The topological polar surface area (TPSA) is 58.4 Å². The fourth-order valence-electron chi connectivity index (χ4n) is 2.85. The summed E-state index contributed by atoms with van der Waals surface area (Å²) in [5.41, 5.74) is 8.80. The molecule has 2 rings (SSSR count). The molecule has 1 amide bonds. The summed E-state index contributed by atoms with van der Waals surface area (Å²) in [5, 5.41) is 3.53. The maximum atomic E-state index is 12.2. The monoisotopic (exact) mass is 309 g/mol. The third-order valence-corrected chi connectivity index (χ3v) is 4.42. The van der Waals surface area contributed by atoms with Crippen LogP contribution in [-0.4, -0.2) is 36.5 Å². The lowest BCUT2D eigenvalue weighted by atomic mass is 9.95. The molecule has 21 heavy (non-hydrogen) atoms. The molecule has 3 N–H and O–H groups in total. The molecule has 0 aliphatic carbocycles. The van der Waals surface area contributed by atoms with Crippen molar-refractivity contribution in [3.05, 3.63) is 28.3 Å². The number of hydrogen-bond acceptors (Lipinski definition) is 3. The number of nitrogens with zero attached hydrogens (tertiary/aromatic N) is 1. The van der Waals surface area contributed by atoms with Crippen molar-refractivity contribution in [3.8, 4) is 0 Å². The summed E-state index contributed by atoms with van der Waals surface area (Å²) < 4.78 is 0. The summed E-state index contributed by atoms with van der Waals surface area (Å²) in [6.45, 7) is 8.21. The van der Waals surface area contributed by atoms with Crippen molar-refractivity contribution in [2.24, 2.45) is 11.7 Å². The number of benzene rings is 1. The van der Waals surface area contributed by atoms with Gasteiger partial charge in [0.2, 0.25) is 5.91 Å². The first-order chi connectivity index (χ1) is 9.86. The van der Waals surface area contributed by atoms with Crippen LogP contribution in [0.25, 0.3) is 0 Å². The van der Waals surface area contributed by atoms with Crippen molar-refractivity contribution in [1.82, 2.24) is 4.90 Å². The average molecular weight is 310 g/mol. The van der Waals surface area contributed by atoms with Gasteiger partial charge in [0.1, 0.15) is 0 Å². The number of rotatable bonds is 3. The largest absolute Gasteiger partial charge is 0.327 e. The van der Waals surface area contributed by atoms with E-state index in [1.807, 2.05) is 26.0 Å². The third kappa shape index (κ3) is 4.19. The van der Waals surface area contributed by atoms with Gasteiger partial charge in [-0.3, -0.25) is 9.69 Å². The van der Waals surface area contributed by atoms with Crippen LogP contribution in [0.4, 0.5) is 5.69 Å². The molecule has 1 aliphatic rings. The Labute approximate surface area is 131 Å². The molecule has 1 aromatic carbocycles. The summed E-state index contributed by atoms with van der Waals surface area (Å²) in [6.07, 6.45) is 0.943. The van der Waals surface area contributed by atoms with Gasteiger partial charge in [-0.25, -0.2) is 0 Å². The third-order valence-electron chi connectivity index (χ3n) is 4.12. The van der Waals surface area contributed by atoms with Crippen LogP contribution in [-0.2, 0) is 4.79 Å². The zero-order valence-corrected chi connectivity index (χ0v) is 13.7. The molecule has 1 aliphatic heterocycles. The highest BCUT2D eigenvalue weighted by Gasteiger charge is 2.24. The van der Waals surface area contributed by atoms with Gasteiger partial charge in [-0.1, -0.05) is 24.6 Å². The molecule has 1 saturated heterocycles. The van der Waals surface area contributed by atoms with E-state index in [0.29, 0.717) is 23.2 Å². The Balaban J connectivity index is 1.96. The van der Waals surface area contributed by atoms with Gasteiger partial charge in [0, 0.05) is 19.1 Å². The minimum absolute atomic E-state index is 0.0217. The fourth-order valence-corrected chi connectivity index (χ4v) is 3.22. The highest BCUT2D eigenvalue weighted by molar-refractivity contribution is 6.34. The molecule has 2 atom stereocenters. The van der Waals surface area contributed by atoms with Crippen LogP contribution in [0, 0.1) is 19.8 Å². The summed E-state index contributed by atoms with van der Waals surface area (Å²) in [4.78, 5) is 14.4. The van der Waals surface area contributed by atoms with E-state index < -0.39 is 0 Å². The number of carbonyl (C=O) groups is 1. The Morgan fingerprint density at radius 2 is 2.19 bits per heavy atom. The van der Waals surface area contributed by atoms with Crippen LogP contribution in [0.15, 0.2) is 12.1 Å². The SMILES string of the molecule is Cc1cc(C)c(NC(=O)CN2CCC(N)C(C)C2)c(Cl)c1. The molecule has 0 aromatic heterocycles. The van der Waals surface area contributed by atoms with Gasteiger partial charge in [-0.15, -0.1) is 0 Å². The molecule has 0 spiro atoms. The summed E-state index contributed by atoms with van der Waals surface area (Å²) in [5.74, 6) is 0.405. The lowest BCUT2D eigenvalue weighted by Crippen LogP contribution is -2.48. The molecule has 0 bridgehead atoms. The molecule has 0 radical (unpaired) electrons. The number of halogens is 1. The Hall–Kier alpha value is -1.10. The average Bonchev–Trinajstić information content (AvgIpc) is 2.38. The lowest BCUT2D eigenvalue weighted by Gasteiger charge is -2.34. The van der Waals surface area contributed by atoms with E-state index in [1.54, 1.807) is 0 Å². The number of hydrogen-bond donors (Lipinski definition) is 2. The van der Waals surface area contributed by atoms with Crippen LogP contribution in [0.5, 0.6) is 0 Å². The van der Waals surface area contributed by atoms with E-state index in [2.05, 4.69) is 17.1 Å². The minimum Gasteiger partial charge on any atom is -0.327 e. The van der Waals surface area contributed by atoms with Crippen molar-refractivity contribution >= 4 is 23.2 Å². The Morgan fingerprint density at radius 1 is 1.48 bits per heavy atom. The van der Waals surface area contributed by atoms with Crippen molar-refractivity contribution in [3.63, 3.8) is 0 Å².